The second-order valence-corrected chi connectivity index (χ2v) is 3.34. The molecule has 1 atom stereocenters. The van der Waals surface area contributed by atoms with Crippen molar-refractivity contribution < 1.29 is 0 Å². The van der Waals surface area contributed by atoms with Crippen molar-refractivity contribution in [2.24, 2.45) is 5.73 Å². The lowest BCUT2D eigenvalue weighted by molar-refractivity contribution is 0.712. The first-order valence-corrected chi connectivity index (χ1v) is 4.77. The molecule has 2 rings (SSSR count). The van der Waals surface area contributed by atoms with Gasteiger partial charge in [-0.25, -0.2) is 0 Å². The van der Waals surface area contributed by atoms with Gasteiger partial charge in [0.1, 0.15) is 0 Å². The Morgan fingerprint density at radius 2 is 1.87 bits per heavy atom. The highest BCUT2D eigenvalue weighted by atomic mass is 15.1. The molecule has 2 heterocycles. The number of hydrogen-bond acceptors (Lipinski definition) is 4. The predicted molar refractivity (Wildman–Crippen MR) is 56.9 cm³/mol. The Hall–Kier alpha value is -1.81. The molecule has 0 saturated carbocycles. The first-order chi connectivity index (χ1) is 7.36. The van der Waals surface area contributed by atoms with Crippen LogP contribution in [0.1, 0.15) is 17.2 Å². The van der Waals surface area contributed by atoms with Gasteiger partial charge in [-0.1, -0.05) is 0 Å². The molecule has 0 aliphatic carbocycles. The zero-order valence-electron chi connectivity index (χ0n) is 8.24. The first-order valence-electron chi connectivity index (χ1n) is 4.77. The lowest BCUT2D eigenvalue weighted by Crippen LogP contribution is -2.13. The number of nitrogens with two attached hydrogens (primary N) is 1. The smallest absolute Gasteiger partial charge is 0.0544 e. The van der Waals surface area contributed by atoms with Gasteiger partial charge in [-0.3, -0.25) is 4.98 Å². The summed E-state index contributed by atoms with van der Waals surface area (Å²) in [4.78, 5) is 3.96. The van der Waals surface area contributed by atoms with Crippen molar-refractivity contribution in [1.82, 2.24) is 15.2 Å². The first kappa shape index (κ1) is 9.73. The summed E-state index contributed by atoms with van der Waals surface area (Å²) in [6.07, 6.45) is 7.68. The maximum Gasteiger partial charge on any atom is 0.0544 e. The molecule has 0 bridgehead atoms. The van der Waals surface area contributed by atoms with Crippen LogP contribution < -0.4 is 5.73 Å². The average molecular weight is 200 g/mol. The van der Waals surface area contributed by atoms with Crippen LogP contribution in [-0.4, -0.2) is 15.2 Å². The lowest BCUT2D eigenvalue weighted by atomic mass is 10.0. The Bertz CT molecular complexity index is 401. The third-order valence-electron chi connectivity index (χ3n) is 2.24. The van der Waals surface area contributed by atoms with E-state index in [0.29, 0.717) is 0 Å². The van der Waals surface area contributed by atoms with Crippen LogP contribution >= 0.6 is 0 Å². The summed E-state index contributed by atoms with van der Waals surface area (Å²) in [5, 5.41) is 7.52. The molecular formula is C11H12N4. The summed E-state index contributed by atoms with van der Waals surface area (Å²) in [7, 11) is 0. The maximum absolute atomic E-state index is 6.04. The molecule has 2 N–H and O–H groups in total. The highest BCUT2D eigenvalue weighted by molar-refractivity contribution is 5.17. The molecule has 0 radical (unpaired) electrons. The zero-order valence-corrected chi connectivity index (χ0v) is 8.24. The molecule has 0 aliphatic rings. The van der Waals surface area contributed by atoms with Gasteiger partial charge < -0.3 is 5.73 Å². The molecule has 0 aliphatic heterocycles. The number of aromatic nitrogens is 3. The van der Waals surface area contributed by atoms with E-state index >= 15 is 0 Å². The quantitative estimate of drug-likeness (QED) is 0.806. The van der Waals surface area contributed by atoms with E-state index in [4.69, 9.17) is 5.73 Å². The van der Waals surface area contributed by atoms with Crippen LogP contribution in [0, 0.1) is 0 Å². The van der Waals surface area contributed by atoms with E-state index in [-0.39, 0.29) is 6.04 Å². The Balaban J connectivity index is 2.08. The fraction of sp³-hybridized carbons (Fsp3) is 0.182. The molecule has 4 nitrogen and oxygen atoms in total. The molecular weight excluding hydrogens is 188 g/mol. The Kier molecular flexibility index (Phi) is 2.99. The van der Waals surface area contributed by atoms with Gasteiger partial charge in [0.15, 0.2) is 0 Å². The lowest BCUT2D eigenvalue weighted by Gasteiger charge is -2.10. The van der Waals surface area contributed by atoms with Crippen molar-refractivity contribution in [3.63, 3.8) is 0 Å². The predicted octanol–water partition coefficient (Wildman–Crippen LogP) is 1.11. The van der Waals surface area contributed by atoms with Gasteiger partial charge in [-0.05, 0) is 35.7 Å². The Morgan fingerprint density at radius 1 is 1.07 bits per heavy atom. The summed E-state index contributed by atoms with van der Waals surface area (Å²) in [5.74, 6) is 0. The number of pyridine rings is 1. The van der Waals surface area contributed by atoms with Gasteiger partial charge in [0.05, 0.1) is 6.20 Å². The van der Waals surface area contributed by atoms with Crippen LogP contribution in [0.3, 0.4) is 0 Å². The van der Waals surface area contributed by atoms with Gasteiger partial charge in [0.2, 0.25) is 0 Å². The monoisotopic (exact) mass is 200 g/mol. The fourth-order valence-electron chi connectivity index (χ4n) is 1.41. The van der Waals surface area contributed by atoms with E-state index < -0.39 is 0 Å². The highest BCUT2D eigenvalue weighted by Crippen LogP contribution is 2.13. The molecule has 2 aromatic rings. The minimum Gasteiger partial charge on any atom is -0.324 e. The van der Waals surface area contributed by atoms with Crippen molar-refractivity contribution in [3.8, 4) is 0 Å². The van der Waals surface area contributed by atoms with Gasteiger partial charge in [-0.2, -0.15) is 10.2 Å². The van der Waals surface area contributed by atoms with E-state index in [0.717, 1.165) is 12.0 Å². The van der Waals surface area contributed by atoms with Crippen LogP contribution in [0.2, 0.25) is 0 Å². The minimum absolute atomic E-state index is 0.0390. The van der Waals surface area contributed by atoms with E-state index in [1.165, 1.54) is 5.56 Å². The summed E-state index contributed by atoms with van der Waals surface area (Å²) in [6.45, 7) is 0. The summed E-state index contributed by atoms with van der Waals surface area (Å²) < 4.78 is 0. The molecule has 0 fully saturated rings. The van der Waals surface area contributed by atoms with Crippen molar-refractivity contribution in [2.75, 3.05) is 0 Å². The maximum atomic E-state index is 6.04. The van der Waals surface area contributed by atoms with Gasteiger partial charge >= 0.3 is 0 Å². The third kappa shape index (κ3) is 2.57. The van der Waals surface area contributed by atoms with Crippen LogP contribution in [0.4, 0.5) is 0 Å². The summed E-state index contributed by atoms with van der Waals surface area (Å²) in [6, 6.07) is 5.78. The number of rotatable bonds is 3. The zero-order chi connectivity index (χ0) is 10.5. The van der Waals surface area contributed by atoms with Crippen LogP contribution in [-0.2, 0) is 6.42 Å². The molecule has 0 aromatic carbocycles. The molecule has 0 saturated heterocycles. The summed E-state index contributed by atoms with van der Waals surface area (Å²) in [5.41, 5.74) is 8.22. The number of hydrogen-bond donors (Lipinski definition) is 1. The van der Waals surface area contributed by atoms with Crippen LogP contribution in [0.15, 0.2) is 43.0 Å². The highest BCUT2D eigenvalue weighted by Gasteiger charge is 2.06. The van der Waals surface area contributed by atoms with E-state index in [9.17, 15) is 0 Å². The second kappa shape index (κ2) is 4.61. The molecule has 2 aromatic heterocycles. The van der Waals surface area contributed by atoms with Crippen molar-refractivity contribution in [2.45, 2.75) is 12.5 Å². The van der Waals surface area contributed by atoms with Gasteiger partial charge in [-0.15, -0.1) is 0 Å². The fourth-order valence-corrected chi connectivity index (χ4v) is 1.41. The summed E-state index contributed by atoms with van der Waals surface area (Å²) >= 11 is 0. The SMILES string of the molecule is NC(Cc1ccncc1)c1ccnnc1. The topological polar surface area (TPSA) is 64.7 Å². The molecule has 4 heteroatoms. The Morgan fingerprint density at radius 3 is 2.53 bits per heavy atom. The van der Waals surface area contributed by atoms with E-state index in [1.807, 2.05) is 18.2 Å². The number of nitrogens with zero attached hydrogens (tertiary/aromatic N) is 3. The second-order valence-electron chi connectivity index (χ2n) is 3.34. The standard InChI is InChI=1S/C11H12N4/c12-11(10-3-6-14-15-8-10)7-9-1-4-13-5-2-9/h1-6,8,11H,7,12H2. The average Bonchev–Trinajstić information content (AvgIpc) is 2.31. The van der Waals surface area contributed by atoms with Gasteiger partial charge in [0, 0.05) is 24.6 Å². The molecule has 76 valence electrons. The molecule has 1 unspecified atom stereocenters. The minimum atomic E-state index is -0.0390. The molecule has 0 spiro atoms. The largest absolute Gasteiger partial charge is 0.324 e. The van der Waals surface area contributed by atoms with E-state index in [1.54, 1.807) is 24.8 Å². The third-order valence-corrected chi connectivity index (χ3v) is 2.24. The normalized spacial score (nSPS) is 12.3. The van der Waals surface area contributed by atoms with E-state index in [2.05, 4.69) is 15.2 Å². The van der Waals surface area contributed by atoms with Crippen molar-refractivity contribution >= 4 is 0 Å². The molecule has 0 amide bonds. The van der Waals surface area contributed by atoms with Crippen LogP contribution in [0.5, 0.6) is 0 Å². The van der Waals surface area contributed by atoms with Crippen molar-refractivity contribution in [3.05, 3.63) is 54.1 Å². The molecule has 15 heavy (non-hydrogen) atoms. The van der Waals surface area contributed by atoms with Gasteiger partial charge in [0.25, 0.3) is 0 Å². The Labute approximate surface area is 88.2 Å². The van der Waals surface area contributed by atoms with Crippen LogP contribution in [0.25, 0.3) is 0 Å². The van der Waals surface area contributed by atoms with Crippen molar-refractivity contribution in [1.29, 1.82) is 0 Å².